The summed E-state index contributed by atoms with van der Waals surface area (Å²) in [6.45, 7) is 7.10. The van der Waals surface area contributed by atoms with Crippen LogP contribution in [0.2, 0.25) is 0 Å². The zero-order valence-corrected chi connectivity index (χ0v) is 13.5. The molecule has 2 aromatic rings. The van der Waals surface area contributed by atoms with Gasteiger partial charge in [-0.1, -0.05) is 63.3 Å². The fourth-order valence-corrected chi connectivity index (χ4v) is 2.16. The van der Waals surface area contributed by atoms with E-state index in [1.54, 1.807) is 0 Å². The van der Waals surface area contributed by atoms with E-state index in [9.17, 15) is 0 Å². The van der Waals surface area contributed by atoms with Crippen molar-refractivity contribution in [2.24, 2.45) is 5.73 Å². The first kappa shape index (κ1) is 15.5. The van der Waals surface area contributed by atoms with Crippen molar-refractivity contribution in [2.45, 2.75) is 32.8 Å². The molecule has 0 amide bonds. The molecule has 0 spiro atoms. The van der Waals surface area contributed by atoms with E-state index in [1.807, 2.05) is 36.4 Å². The molecule has 3 heteroatoms. The average molecular weight is 299 g/mol. The third-order valence-electron chi connectivity index (χ3n) is 3.34. The molecule has 0 atom stereocenters. The van der Waals surface area contributed by atoms with Crippen LogP contribution in [0, 0.1) is 0 Å². The Morgan fingerprint density at radius 1 is 1.10 bits per heavy atom. The van der Waals surface area contributed by atoms with Crippen molar-refractivity contribution in [3.8, 4) is 5.75 Å². The van der Waals surface area contributed by atoms with Gasteiger partial charge in [-0.25, -0.2) is 0 Å². The number of rotatable bonds is 4. The van der Waals surface area contributed by atoms with Crippen LogP contribution in [0.1, 0.15) is 37.5 Å². The maximum atomic E-state index is 5.81. The van der Waals surface area contributed by atoms with Crippen LogP contribution < -0.4 is 10.5 Å². The summed E-state index contributed by atoms with van der Waals surface area (Å²) in [7, 11) is 0. The summed E-state index contributed by atoms with van der Waals surface area (Å²) in [4.78, 5) is 0.409. The first-order chi connectivity index (χ1) is 9.86. The zero-order chi connectivity index (χ0) is 15.5. The van der Waals surface area contributed by atoms with Crippen LogP contribution in [0.4, 0.5) is 0 Å². The third-order valence-corrected chi connectivity index (χ3v) is 3.57. The highest BCUT2D eigenvalue weighted by molar-refractivity contribution is 7.80. The van der Waals surface area contributed by atoms with Crippen LogP contribution in [0.25, 0.3) is 0 Å². The van der Waals surface area contributed by atoms with Crippen LogP contribution in [-0.2, 0) is 12.0 Å². The van der Waals surface area contributed by atoms with Gasteiger partial charge in [-0.05, 0) is 34.7 Å². The Morgan fingerprint density at radius 3 is 2.33 bits per heavy atom. The monoisotopic (exact) mass is 299 g/mol. The second-order valence-corrected chi connectivity index (χ2v) is 6.57. The molecule has 0 bridgehead atoms. The molecule has 0 aliphatic heterocycles. The van der Waals surface area contributed by atoms with E-state index >= 15 is 0 Å². The number of hydrogen-bond donors (Lipinski definition) is 1. The summed E-state index contributed by atoms with van der Waals surface area (Å²) < 4.78 is 5.81. The Balaban J connectivity index is 2.03. The van der Waals surface area contributed by atoms with Gasteiger partial charge in [0.2, 0.25) is 0 Å². The molecule has 0 saturated heterocycles. The maximum absolute atomic E-state index is 5.81. The average Bonchev–Trinajstić information content (AvgIpc) is 2.45. The van der Waals surface area contributed by atoms with Crippen LogP contribution in [0.5, 0.6) is 5.75 Å². The van der Waals surface area contributed by atoms with Gasteiger partial charge >= 0.3 is 0 Å². The SMILES string of the molecule is CC(C)(C)c1ccc(OCc2cccc(C(N)=S)c2)cc1. The third kappa shape index (κ3) is 4.30. The van der Waals surface area contributed by atoms with Gasteiger partial charge in [-0.15, -0.1) is 0 Å². The van der Waals surface area contributed by atoms with E-state index in [-0.39, 0.29) is 5.41 Å². The predicted molar refractivity (Wildman–Crippen MR) is 91.8 cm³/mol. The molecule has 2 N–H and O–H groups in total. The summed E-state index contributed by atoms with van der Waals surface area (Å²) in [5.41, 5.74) is 9.02. The molecule has 2 nitrogen and oxygen atoms in total. The molecule has 0 aromatic heterocycles. The van der Waals surface area contributed by atoms with Gasteiger partial charge in [0.25, 0.3) is 0 Å². The lowest BCUT2D eigenvalue weighted by Gasteiger charge is -2.19. The lowest BCUT2D eigenvalue weighted by atomic mass is 9.87. The molecule has 0 aliphatic rings. The normalized spacial score (nSPS) is 11.2. The van der Waals surface area contributed by atoms with Crippen molar-refractivity contribution >= 4 is 17.2 Å². The summed E-state index contributed by atoms with van der Waals surface area (Å²) in [6, 6.07) is 16.1. The van der Waals surface area contributed by atoms with Gasteiger partial charge in [-0.3, -0.25) is 0 Å². The highest BCUT2D eigenvalue weighted by atomic mass is 32.1. The number of nitrogens with two attached hydrogens (primary N) is 1. The molecule has 110 valence electrons. The Kier molecular flexibility index (Phi) is 4.63. The minimum atomic E-state index is 0.156. The second-order valence-electron chi connectivity index (χ2n) is 6.13. The maximum Gasteiger partial charge on any atom is 0.119 e. The lowest BCUT2D eigenvalue weighted by Crippen LogP contribution is -2.10. The summed E-state index contributed by atoms with van der Waals surface area (Å²) in [6.07, 6.45) is 0. The highest BCUT2D eigenvalue weighted by Gasteiger charge is 2.12. The van der Waals surface area contributed by atoms with Crippen molar-refractivity contribution in [2.75, 3.05) is 0 Å². The predicted octanol–water partition coefficient (Wildman–Crippen LogP) is 4.20. The molecule has 0 fully saturated rings. The largest absolute Gasteiger partial charge is 0.489 e. The summed E-state index contributed by atoms with van der Waals surface area (Å²) >= 11 is 4.99. The highest BCUT2D eigenvalue weighted by Crippen LogP contribution is 2.24. The molecule has 2 aromatic carbocycles. The van der Waals surface area contributed by atoms with Gasteiger partial charge in [-0.2, -0.15) is 0 Å². The lowest BCUT2D eigenvalue weighted by molar-refractivity contribution is 0.306. The topological polar surface area (TPSA) is 35.2 Å². The minimum absolute atomic E-state index is 0.156. The van der Waals surface area contributed by atoms with E-state index in [0.29, 0.717) is 11.6 Å². The summed E-state index contributed by atoms with van der Waals surface area (Å²) in [5.74, 6) is 0.865. The molecule has 21 heavy (non-hydrogen) atoms. The fraction of sp³-hybridized carbons (Fsp3) is 0.278. The van der Waals surface area contributed by atoms with E-state index < -0.39 is 0 Å². The van der Waals surface area contributed by atoms with E-state index in [4.69, 9.17) is 22.7 Å². The van der Waals surface area contributed by atoms with Gasteiger partial charge in [0.15, 0.2) is 0 Å². The first-order valence-corrected chi connectivity index (χ1v) is 7.39. The van der Waals surface area contributed by atoms with Crippen LogP contribution >= 0.6 is 12.2 Å². The van der Waals surface area contributed by atoms with E-state index in [2.05, 4.69) is 32.9 Å². The molecule has 0 radical (unpaired) electrons. The fourth-order valence-electron chi connectivity index (χ4n) is 2.03. The van der Waals surface area contributed by atoms with E-state index in [0.717, 1.165) is 16.9 Å². The molecule has 2 rings (SSSR count). The molecular weight excluding hydrogens is 278 g/mol. The van der Waals surface area contributed by atoms with Gasteiger partial charge in [0.1, 0.15) is 17.3 Å². The van der Waals surface area contributed by atoms with Gasteiger partial charge < -0.3 is 10.5 Å². The van der Waals surface area contributed by atoms with Crippen LogP contribution in [0.3, 0.4) is 0 Å². The van der Waals surface area contributed by atoms with Crippen LogP contribution in [-0.4, -0.2) is 4.99 Å². The first-order valence-electron chi connectivity index (χ1n) is 6.98. The van der Waals surface area contributed by atoms with Crippen molar-refractivity contribution < 1.29 is 4.74 Å². The zero-order valence-electron chi connectivity index (χ0n) is 12.7. The number of thiocarbonyl (C=S) groups is 1. The smallest absolute Gasteiger partial charge is 0.119 e. The molecule has 0 unspecified atom stereocenters. The quantitative estimate of drug-likeness (QED) is 0.859. The van der Waals surface area contributed by atoms with Crippen molar-refractivity contribution in [3.05, 3.63) is 65.2 Å². The number of hydrogen-bond acceptors (Lipinski definition) is 2. The van der Waals surface area contributed by atoms with Gasteiger partial charge in [0.05, 0.1) is 0 Å². The second kappa shape index (κ2) is 6.27. The summed E-state index contributed by atoms with van der Waals surface area (Å²) in [5, 5.41) is 0. The Morgan fingerprint density at radius 2 is 1.76 bits per heavy atom. The minimum Gasteiger partial charge on any atom is -0.489 e. The molecule has 0 heterocycles. The molecule has 0 aliphatic carbocycles. The Labute approximate surface area is 131 Å². The van der Waals surface area contributed by atoms with Crippen molar-refractivity contribution in [3.63, 3.8) is 0 Å². The standard InChI is InChI=1S/C18H21NOS/c1-18(2,3)15-7-9-16(10-8-15)20-12-13-5-4-6-14(11-13)17(19)21/h4-11H,12H2,1-3H3,(H2,19,21). The Hall–Kier alpha value is -1.87. The molecular formula is C18H21NOS. The van der Waals surface area contributed by atoms with Crippen molar-refractivity contribution in [1.82, 2.24) is 0 Å². The van der Waals surface area contributed by atoms with Crippen molar-refractivity contribution in [1.29, 1.82) is 0 Å². The number of benzene rings is 2. The van der Waals surface area contributed by atoms with E-state index in [1.165, 1.54) is 5.56 Å². The van der Waals surface area contributed by atoms with Crippen LogP contribution in [0.15, 0.2) is 48.5 Å². The Bertz CT molecular complexity index is 626. The molecule has 0 saturated carbocycles. The van der Waals surface area contributed by atoms with Gasteiger partial charge in [0, 0.05) is 5.56 Å². The number of ether oxygens (including phenoxy) is 1.